The third kappa shape index (κ3) is 4.46. The summed E-state index contributed by atoms with van der Waals surface area (Å²) in [6.07, 6.45) is 3.71. The van der Waals surface area contributed by atoms with Gasteiger partial charge < -0.3 is 5.32 Å². The molecule has 0 atom stereocenters. The van der Waals surface area contributed by atoms with Crippen LogP contribution in [0.4, 0.5) is 5.13 Å². The predicted octanol–water partition coefficient (Wildman–Crippen LogP) is 5.94. The van der Waals surface area contributed by atoms with Gasteiger partial charge in [0.15, 0.2) is 5.13 Å². The molecule has 0 bridgehead atoms. The van der Waals surface area contributed by atoms with Gasteiger partial charge in [0.2, 0.25) is 5.91 Å². The Kier molecular flexibility index (Phi) is 5.78. The monoisotopic (exact) mass is 407 g/mol. The maximum absolute atomic E-state index is 12.4. The van der Waals surface area contributed by atoms with Crippen molar-refractivity contribution >= 4 is 43.9 Å². The molecule has 2 heterocycles. The lowest BCUT2D eigenvalue weighted by Crippen LogP contribution is -2.14. The number of fused-ring (bicyclic) bond motifs is 1. The van der Waals surface area contributed by atoms with Crippen molar-refractivity contribution in [2.75, 3.05) is 5.32 Å². The normalized spacial score (nSPS) is 11.0. The van der Waals surface area contributed by atoms with E-state index in [1.54, 1.807) is 11.3 Å². The highest BCUT2D eigenvalue weighted by atomic mass is 32.1. The number of nitrogens with one attached hydrogen (secondary N) is 1. The highest BCUT2D eigenvalue weighted by molar-refractivity contribution is 7.22. The molecule has 4 nitrogen and oxygen atoms in total. The summed E-state index contributed by atoms with van der Waals surface area (Å²) in [5, 5.41) is 6.45. The largest absolute Gasteiger partial charge is 0.302 e. The Bertz CT molecular complexity index is 1090. The topological polar surface area (TPSA) is 54.9 Å². The zero-order valence-electron chi connectivity index (χ0n) is 15.6. The molecule has 0 aliphatic carbocycles. The summed E-state index contributed by atoms with van der Waals surface area (Å²) < 4.78 is 1.11. The number of carbonyl (C=O) groups excluding carboxylic acids is 1. The van der Waals surface area contributed by atoms with Gasteiger partial charge in [-0.05, 0) is 30.5 Å². The molecule has 4 rings (SSSR count). The number of rotatable bonds is 7. The van der Waals surface area contributed by atoms with E-state index in [0.29, 0.717) is 5.13 Å². The maximum Gasteiger partial charge on any atom is 0.232 e. The molecular weight excluding hydrogens is 386 g/mol. The summed E-state index contributed by atoms with van der Waals surface area (Å²) in [7, 11) is 0. The van der Waals surface area contributed by atoms with Crippen molar-refractivity contribution in [2.45, 2.75) is 32.6 Å². The van der Waals surface area contributed by atoms with E-state index in [4.69, 9.17) is 0 Å². The van der Waals surface area contributed by atoms with Crippen LogP contribution in [-0.4, -0.2) is 15.9 Å². The van der Waals surface area contributed by atoms with Crippen LogP contribution in [0.25, 0.3) is 20.8 Å². The molecule has 2 aromatic carbocycles. The summed E-state index contributed by atoms with van der Waals surface area (Å²) >= 11 is 3.08. The van der Waals surface area contributed by atoms with Gasteiger partial charge in [-0.2, -0.15) is 0 Å². The Morgan fingerprint density at radius 2 is 1.96 bits per heavy atom. The minimum Gasteiger partial charge on any atom is -0.302 e. The number of benzene rings is 2. The van der Waals surface area contributed by atoms with Gasteiger partial charge >= 0.3 is 0 Å². The van der Waals surface area contributed by atoms with Crippen LogP contribution in [0.2, 0.25) is 0 Å². The van der Waals surface area contributed by atoms with Crippen molar-refractivity contribution in [1.29, 1.82) is 0 Å². The van der Waals surface area contributed by atoms with E-state index in [1.165, 1.54) is 29.7 Å². The first-order valence-corrected chi connectivity index (χ1v) is 11.1. The van der Waals surface area contributed by atoms with Gasteiger partial charge in [-0.1, -0.05) is 61.1 Å². The highest BCUT2D eigenvalue weighted by Gasteiger charge is 2.12. The molecule has 1 N–H and O–H groups in total. The van der Waals surface area contributed by atoms with Crippen molar-refractivity contribution in [3.8, 4) is 10.6 Å². The Morgan fingerprint density at radius 1 is 1.11 bits per heavy atom. The first kappa shape index (κ1) is 18.8. The van der Waals surface area contributed by atoms with Crippen molar-refractivity contribution < 1.29 is 4.79 Å². The summed E-state index contributed by atoms with van der Waals surface area (Å²) in [5.74, 6) is -0.0878. The number of hydrogen-bond donors (Lipinski definition) is 1. The molecule has 0 unspecified atom stereocenters. The Balaban J connectivity index is 1.41. The highest BCUT2D eigenvalue weighted by Crippen LogP contribution is 2.28. The average Bonchev–Trinajstić information content (AvgIpc) is 3.33. The van der Waals surface area contributed by atoms with Gasteiger partial charge in [-0.25, -0.2) is 9.97 Å². The van der Waals surface area contributed by atoms with Gasteiger partial charge in [-0.15, -0.1) is 11.3 Å². The van der Waals surface area contributed by atoms with Crippen LogP contribution < -0.4 is 5.32 Å². The van der Waals surface area contributed by atoms with E-state index in [9.17, 15) is 4.79 Å². The number of unbranched alkanes of at least 4 members (excludes halogenated alkanes) is 1. The molecule has 6 heteroatoms. The second-order valence-corrected chi connectivity index (χ2v) is 8.55. The van der Waals surface area contributed by atoms with Crippen LogP contribution in [-0.2, 0) is 17.6 Å². The molecule has 4 aromatic rings. The van der Waals surface area contributed by atoms with Crippen molar-refractivity contribution in [2.24, 2.45) is 0 Å². The maximum atomic E-state index is 12.4. The summed E-state index contributed by atoms with van der Waals surface area (Å²) in [6, 6.07) is 16.4. The zero-order chi connectivity index (χ0) is 19.3. The lowest BCUT2D eigenvalue weighted by Gasteiger charge is -1.99. The minimum absolute atomic E-state index is 0.0878. The number of aryl methyl sites for hydroxylation is 1. The van der Waals surface area contributed by atoms with Crippen LogP contribution in [0.1, 0.15) is 31.0 Å². The fourth-order valence-corrected chi connectivity index (χ4v) is 4.76. The number of anilines is 1. The summed E-state index contributed by atoms with van der Waals surface area (Å²) in [6.45, 7) is 2.20. The fourth-order valence-electron chi connectivity index (χ4n) is 2.99. The number of nitrogens with zero attached hydrogens (tertiary/aromatic N) is 2. The van der Waals surface area contributed by atoms with Crippen molar-refractivity contribution in [1.82, 2.24) is 9.97 Å². The first-order valence-electron chi connectivity index (χ1n) is 9.40. The van der Waals surface area contributed by atoms with E-state index in [2.05, 4.69) is 34.3 Å². The molecule has 0 saturated carbocycles. The zero-order valence-corrected chi connectivity index (χ0v) is 17.3. The van der Waals surface area contributed by atoms with E-state index < -0.39 is 0 Å². The number of amides is 1. The second-order valence-electron chi connectivity index (χ2n) is 6.66. The Morgan fingerprint density at radius 3 is 2.79 bits per heavy atom. The molecule has 0 fully saturated rings. The number of thiazole rings is 2. The SMILES string of the molecule is CCCCc1ccc2nc(NC(=O)Cc3csc(-c4ccccc4)n3)sc2c1. The fraction of sp³-hybridized carbons (Fsp3) is 0.227. The molecular formula is C22H21N3OS2. The van der Waals surface area contributed by atoms with Crippen LogP contribution in [0.15, 0.2) is 53.9 Å². The third-order valence-corrected chi connectivity index (χ3v) is 6.31. The molecule has 0 saturated heterocycles. The van der Waals surface area contributed by atoms with Crippen LogP contribution >= 0.6 is 22.7 Å². The summed E-state index contributed by atoms with van der Waals surface area (Å²) in [5.41, 5.74) is 4.11. The molecule has 1 amide bonds. The second kappa shape index (κ2) is 8.63. The first-order chi connectivity index (χ1) is 13.7. The minimum atomic E-state index is -0.0878. The average molecular weight is 408 g/mol. The number of aromatic nitrogens is 2. The molecule has 28 heavy (non-hydrogen) atoms. The summed E-state index contributed by atoms with van der Waals surface area (Å²) in [4.78, 5) is 21.6. The molecule has 142 valence electrons. The van der Waals surface area contributed by atoms with Gasteiger partial charge in [0.1, 0.15) is 5.01 Å². The van der Waals surface area contributed by atoms with Gasteiger partial charge in [0, 0.05) is 10.9 Å². The van der Waals surface area contributed by atoms with Gasteiger partial charge in [-0.3, -0.25) is 4.79 Å². The lowest BCUT2D eigenvalue weighted by molar-refractivity contribution is -0.115. The van der Waals surface area contributed by atoms with Crippen LogP contribution in [0.5, 0.6) is 0 Å². The van der Waals surface area contributed by atoms with Crippen molar-refractivity contribution in [3.63, 3.8) is 0 Å². The van der Waals surface area contributed by atoms with Crippen LogP contribution in [0, 0.1) is 0 Å². The smallest absolute Gasteiger partial charge is 0.232 e. The Hall–Kier alpha value is -2.57. The number of carbonyl (C=O) groups is 1. The third-order valence-electron chi connectivity index (χ3n) is 4.43. The van der Waals surface area contributed by atoms with Crippen molar-refractivity contribution in [3.05, 3.63) is 65.2 Å². The number of hydrogen-bond acceptors (Lipinski definition) is 5. The molecule has 0 radical (unpaired) electrons. The van der Waals surface area contributed by atoms with E-state index >= 15 is 0 Å². The molecule has 0 spiro atoms. The van der Waals surface area contributed by atoms with Crippen LogP contribution in [0.3, 0.4) is 0 Å². The van der Waals surface area contributed by atoms with Gasteiger partial charge in [0.05, 0.1) is 22.3 Å². The van der Waals surface area contributed by atoms with E-state index in [0.717, 1.165) is 32.9 Å². The van der Waals surface area contributed by atoms with E-state index in [-0.39, 0.29) is 12.3 Å². The quantitative estimate of drug-likeness (QED) is 0.412. The Labute approximate surface area is 172 Å². The predicted molar refractivity (Wildman–Crippen MR) is 118 cm³/mol. The lowest BCUT2D eigenvalue weighted by atomic mass is 10.1. The molecule has 0 aliphatic heterocycles. The van der Waals surface area contributed by atoms with E-state index in [1.807, 2.05) is 41.8 Å². The van der Waals surface area contributed by atoms with Gasteiger partial charge in [0.25, 0.3) is 0 Å². The molecule has 0 aliphatic rings. The standard InChI is InChI=1S/C22H21N3OS2/c1-2-3-7-15-10-11-18-19(12-15)28-22(24-18)25-20(26)13-17-14-27-21(23-17)16-8-5-4-6-9-16/h4-6,8-12,14H,2-3,7,13H2,1H3,(H,24,25,26). The molecule has 2 aromatic heterocycles.